The standard InChI is InChI=1S/C21H21NO3S/c1-25-20-9-6-16(14-22-20)19-13-21(10-3-11-21)12-18(19)15-4-7-17(8-5-15)26(2,23)24/h4-9,12-14H,3,10-11H2,1-2H3. The monoisotopic (exact) mass is 367 g/mol. The predicted octanol–water partition coefficient (Wildman–Crippen LogP) is 4.14. The number of hydrogen-bond donors (Lipinski definition) is 0. The molecule has 0 saturated heterocycles. The minimum atomic E-state index is -3.19. The lowest BCUT2D eigenvalue weighted by atomic mass is 9.70. The quantitative estimate of drug-likeness (QED) is 0.815. The van der Waals surface area contributed by atoms with Gasteiger partial charge in [0.2, 0.25) is 5.88 Å². The molecule has 2 aromatic rings. The molecule has 4 rings (SSSR count). The molecule has 0 aliphatic heterocycles. The number of sulfone groups is 1. The van der Waals surface area contributed by atoms with Gasteiger partial charge in [0, 0.05) is 29.5 Å². The van der Waals surface area contributed by atoms with Crippen LogP contribution in [0.25, 0.3) is 11.1 Å². The SMILES string of the molecule is COc1ccc(C2=CC3(C=C2c2ccc(S(C)(=O)=O)cc2)CCC3)cn1. The fourth-order valence-electron chi connectivity index (χ4n) is 3.67. The molecular formula is C21H21NO3S. The molecule has 2 aliphatic carbocycles. The summed E-state index contributed by atoms with van der Waals surface area (Å²) in [7, 11) is -1.58. The van der Waals surface area contributed by atoms with Gasteiger partial charge < -0.3 is 4.74 Å². The summed E-state index contributed by atoms with van der Waals surface area (Å²) in [5.41, 5.74) is 4.53. The number of allylic oxidation sites excluding steroid dienone is 4. The second-order valence-electron chi connectivity index (χ2n) is 7.09. The fourth-order valence-corrected chi connectivity index (χ4v) is 4.30. The second kappa shape index (κ2) is 6.09. The van der Waals surface area contributed by atoms with Gasteiger partial charge in [-0.1, -0.05) is 30.7 Å². The third-order valence-corrected chi connectivity index (χ3v) is 6.42. The smallest absolute Gasteiger partial charge is 0.212 e. The molecule has 5 heteroatoms. The Kier molecular flexibility index (Phi) is 3.99. The molecule has 0 atom stereocenters. The Hall–Kier alpha value is -2.40. The number of pyridine rings is 1. The van der Waals surface area contributed by atoms with Crippen molar-refractivity contribution in [2.45, 2.75) is 24.2 Å². The topological polar surface area (TPSA) is 56.3 Å². The van der Waals surface area contributed by atoms with E-state index in [2.05, 4.69) is 17.1 Å². The van der Waals surface area contributed by atoms with E-state index in [4.69, 9.17) is 4.74 Å². The maximum absolute atomic E-state index is 11.7. The summed E-state index contributed by atoms with van der Waals surface area (Å²) in [4.78, 5) is 4.68. The van der Waals surface area contributed by atoms with Crippen LogP contribution in [0.2, 0.25) is 0 Å². The van der Waals surface area contributed by atoms with Crippen LogP contribution >= 0.6 is 0 Å². The average molecular weight is 367 g/mol. The number of rotatable bonds is 4. The number of ether oxygens (including phenoxy) is 1. The Morgan fingerprint density at radius 1 is 0.962 bits per heavy atom. The van der Waals surface area contributed by atoms with Gasteiger partial charge in [-0.25, -0.2) is 13.4 Å². The van der Waals surface area contributed by atoms with Crippen LogP contribution in [0.5, 0.6) is 5.88 Å². The van der Waals surface area contributed by atoms with Crippen molar-refractivity contribution in [2.75, 3.05) is 13.4 Å². The van der Waals surface area contributed by atoms with Crippen molar-refractivity contribution in [3.05, 3.63) is 65.9 Å². The van der Waals surface area contributed by atoms with Gasteiger partial charge in [0.1, 0.15) is 0 Å². The third-order valence-electron chi connectivity index (χ3n) is 5.29. The first-order valence-corrected chi connectivity index (χ1v) is 10.6. The van der Waals surface area contributed by atoms with Crippen molar-refractivity contribution in [3.63, 3.8) is 0 Å². The maximum atomic E-state index is 11.7. The van der Waals surface area contributed by atoms with E-state index in [0.717, 1.165) is 35.1 Å². The highest BCUT2D eigenvalue weighted by Crippen LogP contribution is 2.53. The second-order valence-corrected chi connectivity index (χ2v) is 9.10. The van der Waals surface area contributed by atoms with E-state index >= 15 is 0 Å². The summed E-state index contributed by atoms with van der Waals surface area (Å²) in [6.07, 6.45) is 11.3. The molecule has 0 amide bonds. The van der Waals surface area contributed by atoms with E-state index < -0.39 is 9.84 Å². The largest absolute Gasteiger partial charge is 0.481 e. The number of benzene rings is 1. The number of methoxy groups -OCH3 is 1. The molecule has 1 spiro atoms. The zero-order valence-corrected chi connectivity index (χ0v) is 15.7. The Morgan fingerprint density at radius 2 is 1.58 bits per heavy atom. The van der Waals surface area contributed by atoms with Gasteiger partial charge in [-0.05, 0) is 47.8 Å². The molecule has 0 radical (unpaired) electrons. The molecular weight excluding hydrogens is 346 g/mol. The summed E-state index contributed by atoms with van der Waals surface area (Å²) < 4.78 is 28.6. The van der Waals surface area contributed by atoms with Crippen LogP contribution in [-0.4, -0.2) is 26.8 Å². The van der Waals surface area contributed by atoms with Crippen molar-refractivity contribution in [1.29, 1.82) is 0 Å². The summed E-state index contributed by atoms with van der Waals surface area (Å²) in [6.45, 7) is 0. The minimum Gasteiger partial charge on any atom is -0.481 e. The Balaban J connectivity index is 1.75. The zero-order valence-electron chi connectivity index (χ0n) is 14.9. The minimum absolute atomic E-state index is 0.139. The molecule has 1 fully saturated rings. The number of aromatic nitrogens is 1. The van der Waals surface area contributed by atoms with Crippen LogP contribution in [0.1, 0.15) is 30.4 Å². The predicted molar refractivity (Wildman–Crippen MR) is 103 cm³/mol. The van der Waals surface area contributed by atoms with Crippen molar-refractivity contribution in [1.82, 2.24) is 4.98 Å². The lowest BCUT2D eigenvalue weighted by molar-refractivity contribution is 0.282. The van der Waals surface area contributed by atoms with Gasteiger partial charge in [0.15, 0.2) is 9.84 Å². The van der Waals surface area contributed by atoms with Crippen LogP contribution in [-0.2, 0) is 9.84 Å². The molecule has 1 heterocycles. The van der Waals surface area contributed by atoms with E-state index in [-0.39, 0.29) is 5.41 Å². The summed E-state index contributed by atoms with van der Waals surface area (Å²) in [5.74, 6) is 0.591. The van der Waals surface area contributed by atoms with Gasteiger partial charge in [0.05, 0.1) is 12.0 Å². The summed E-state index contributed by atoms with van der Waals surface area (Å²) in [5, 5.41) is 0. The van der Waals surface area contributed by atoms with E-state index in [1.54, 1.807) is 19.2 Å². The molecule has 26 heavy (non-hydrogen) atoms. The van der Waals surface area contributed by atoms with E-state index in [9.17, 15) is 8.42 Å². The van der Waals surface area contributed by atoms with Crippen molar-refractivity contribution in [2.24, 2.45) is 5.41 Å². The van der Waals surface area contributed by atoms with Gasteiger partial charge in [-0.3, -0.25) is 0 Å². The van der Waals surface area contributed by atoms with E-state index in [1.165, 1.54) is 12.7 Å². The Morgan fingerprint density at radius 3 is 2.04 bits per heavy atom. The first kappa shape index (κ1) is 17.0. The first-order chi connectivity index (χ1) is 12.4. The van der Waals surface area contributed by atoms with Gasteiger partial charge in [-0.15, -0.1) is 0 Å². The molecule has 1 aromatic heterocycles. The van der Waals surface area contributed by atoms with Crippen LogP contribution < -0.4 is 4.74 Å². The highest BCUT2D eigenvalue weighted by Gasteiger charge is 2.38. The van der Waals surface area contributed by atoms with Gasteiger partial charge in [-0.2, -0.15) is 0 Å². The average Bonchev–Trinajstić information content (AvgIpc) is 3.03. The van der Waals surface area contributed by atoms with Crippen LogP contribution in [0, 0.1) is 5.41 Å². The molecule has 0 N–H and O–H groups in total. The van der Waals surface area contributed by atoms with Crippen molar-refractivity contribution >= 4 is 21.0 Å². The lowest BCUT2D eigenvalue weighted by Crippen LogP contribution is -2.22. The lowest BCUT2D eigenvalue weighted by Gasteiger charge is -2.34. The molecule has 0 unspecified atom stereocenters. The van der Waals surface area contributed by atoms with Crippen LogP contribution in [0.4, 0.5) is 0 Å². The van der Waals surface area contributed by atoms with Crippen molar-refractivity contribution in [3.8, 4) is 5.88 Å². The maximum Gasteiger partial charge on any atom is 0.212 e. The summed E-state index contributed by atoms with van der Waals surface area (Å²) >= 11 is 0. The van der Waals surface area contributed by atoms with E-state index in [1.807, 2.05) is 30.5 Å². The number of nitrogens with zero attached hydrogens (tertiary/aromatic N) is 1. The number of hydrogen-bond acceptors (Lipinski definition) is 4. The molecule has 0 bridgehead atoms. The van der Waals surface area contributed by atoms with Crippen molar-refractivity contribution < 1.29 is 13.2 Å². The molecule has 1 saturated carbocycles. The first-order valence-electron chi connectivity index (χ1n) is 8.67. The molecule has 4 nitrogen and oxygen atoms in total. The zero-order chi connectivity index (χ0) is 18.4. The van der Waals surface area contributed by atoms with Crippen LogP contribution in [0.3, 0.4) is 0 Å². The highest BCUT2D eigenvalue weighted by atomic mass is 32.2. The van der Waals surface area contributed by atoms with Gasteiger partial charge >= 0.3 is 0 Å². The molecule has 2 aliphatic rings. The Bertz CT molecular complexity index is 996. The highest BCUT2D eigenvalue weighted by molar-refractivity contribution is 7.90. The van der Waals surface area contributed by atoms with Gasteiger partial charge in [0.25, 0.3) is 0 Å². The summed E-state index contributed by atoms with van der Waals surface area (Å²) in [6, 6.07) is 11.0. The van der Waals surface area contributed by atoms with E-state index in [0.29, 0.717) is 10.8 Å². The van der Waals surface area contributed by atoms with Crippen LogP contribution in [0.15, 0.2) is 59.6 Å². The normalized spacial score (nSPS) is 18.2. The molecule has 134 valence electrons. The Labute approximate surface area is 154 Å². The fraction of sp³-hybridized carbons (Fsp3) is 0.286. The molecule has 1 aromatic carbocycles. The third kappa shape index (κ3) is 2.97.